The quantitative estimate of drug-likeness (QED) is 0.935. The van der Waals surface area contributed by atoms with Crippen molar-refractivity contribution in [3.8, 4) is 0 Å². The van der Waals surface area contributed by atoms with Crippen molar-refractivity contribution in [2.75, 3.05) is 0 Å². The van der Waals surface area contributed by atoms with Crippen LogP contribution in [0.2, 0.25) is 0 Å². The first kappa shape index (κ1) is 14.5. The third-order valence-electron chi connectivity index (χ3n) is 2.97. The lowest BCUT2D eigenvalue weighted by atomic mass is 10.2. The van der Waals surface area contributed by atoms with Crippen LogP contribution < -0.4 is 5.56 Å². The molecular weight excluding hydrogens is 329 g/mol. The molecule has 1 N–H and O–H groups in total. The fourth-order valence-electron chi connectivity index (χ4n) is 1.85. The highest BCUT2D eigenvalue weighted by Gasteiger charge is 2.13. The highest BCUT2D eigenvalue weighted by molar-refractivity contribution is 9.10. The van der Waals surface area contributed by atoms with Crippen LogP contribution in [0.1, 0.15) is 21.6 Å². The second-order valence-electron chi connectivity index (χ2n) is 4.32. The van der Waals surface area contributed by atoms with Gasteiger partial charge in [0.05, 0.1) is 6.54 Å². The Balaban J connectivity index is 2.51. The number of aromatic nitrogens is 1. The largest absolute Gasteiger partial charge is 0.477 e. The average molecular weight is 340 g/mol. The first-order valence-corrected chi connectivity index (χ1v) is 6.57. The van der Waals surface area contributed by atoms with E-state index in [0.29, 0.717) is 15.7 Å². The van der Waals surface area contributed by atoms with Crippen LogP contribution in [0, 0.1) is 12.7 Å². The van der Waals surface area contributed by atoms with Crippen molar-refractivity contribution in [1.29, 1.82) is 0 Å². The van der Waals surface area contributed by atoms with Gasteiger partial charge in [-0.15, -0.1) is 0 Å². The second-order valence-corrected chi connectivity index (χ2v) is 5.17. The van der Waals surface area contributed by atoms with Gasteiger partial charge in [-0.3, -0.25) is 4.79 Å². The van der Waals surface area contributed by atoms with Gasteiger partial charge in [-0.1, -0.05) is 22.0 Å². The van der Waals surface area contributed by atoms with Crippen molar-refractivity contribution in [1.82, 2.24) is 4.57 Å². The predicted molar refractivity (Wildman–Crippen MR) is 75.6 cm³/mol. The molecule has 0 aliphatic rings. The molecule has 0 saturated heterocycles. The van der Waals surface area contributed by atoms with Crippen molar-refractivity contribution in [3.05, 3.63) is 67.8 Å². The van der Waals surface area contributed by atoms with Gasteiger partial charge < -0.3 is 9.67 Å². The van der Waals surface area contributed by atoms with Crippen LogP contribution in [0.3, 0.4) is 0 Å². The van der Waals surface area contributed by atoms with E-state index in [4.69, 9.17) is 5.11 Å². The SMILES string of the molecule is Cc1ccc(C(=O)O)c(=O)n1Cc1ccc(F)cc1Br. The summed E-state index contributed by atoms with van der Waals surface area (Å²) in [5.41, 5.74) is 0.470. The maximum Gasteiger partial charge on any atom is 0.341 e. The minimum Gasteiger partial charge on any atom is -0.477 e. The minimum absolute atomic E-state index is 0.173. The van der Waals surface area contributed by atoms with Crippen molar-refractivity contribution >= 4 is 21.9 Å². The molecule has 0 atom stereocenters. The maximum absolute atomic E-state index is 13.0. The van der Waals surface area contributed by atoms with E-state index in [0.717, 1.165) is 0 Å². The average Bonchev–Trinajstić information content (AvgIpc) is 2.36. The highest BCUT2D eigenvalue weighted by Crippen LogP contribution is 2.19. The molecule has 0 saturated carbocycles. The molecular formula is C14H11BrFNO3. The molecule has 2 aromatic rings. The number of carboxylic acids is 1. The van der Waals surface area contributed by atoms with Gasteiger partial charge in [0, 0.05) is 10.2 Å². The molecule has 0 aliphatic carbocycles. The van der Waals surface area contributed by atoms with Gasteiger partial charge in [0.25, 0.3) is 5.56 Å². The number of hydrogen-bond acceptors (Lipinski definition) is 2. The summed E-state index contributed by atoms with van der Waals surface area (Å²) in [6.45, 7) is 1.89. The molecule has 1 heterocycles. The summed E-state index contributed by atoms with van der Waals surface area (Å²) >= 11 is 3.23. The van der Waals surface area contributed by atoms with E-state index in [2.05, 4.69) is 15.9 Å². The number of rotatable bonds is 3. The summed E-state index contributed by atoms with van der Waals surface area (Å²) in [5, 5.41) is 8.97. The Kier molecular flexibility index (Phi) is 4.04. The summed E-state index contributed by atoms with van der Waals surface area (Å²) in [5.74, 6) is -1.65. The Morgan fingerprint density at radius 1 is 1.35 bits per heavy atom. The summed E-state index contributed by atoms with van der Waals surface area (Å²) < 4.78 is 14.9. The van der Waals surface area contributed by atoms with Gasteiger partial charge in [-0.05, 0) is 36.8 Å². The third kappa shape index (κ3) is 2.80. The first-order valence-electron chi connectivity index (χ1n) is 5.78. The van der Waals surface area contributed by atoms with Gasteiger partial charge in [-0.25, -0.2) is 9.18 Å². The van der Waals surface area contributed by atoms with Crippen molar-refractivity contribution in [2.45, 2.75) is 13.5 Å². The third-order valence-corrected chi connectivity index (χ3v) is 3.70. The number of benzene rings is 1. The predicted octanol–water partition coefficient (Wildman–Crippen LogP) is 2.80. The fraction of sp³-hybridized carbons (Fsp3) is 0.143. The Morgan fingerprint density at radius 3 is 2.65 bits per heavy atom. The topological polar surface area (TPSA) is 59.3 Å². The number of nitrogens with zero attached hydrogens (tertiary/aromatic N) is 1. The molecule has 0 bridgehead atoms. The van der Waals surface area contributed by atoms with Gasteiger partial charge in [-0.2, -0.15) is 0 Å². The summed E-state index contributed by atoms with van der Waals surface area (Å²) in [7, 11) is 0. The van der Waals surface area contributed by atoms with E-state index in [1.807, 2.05) is 0 Å². The molecule has 0 amide bonds. The summed E-state index contributed by atoms with van der Waals surface area (Å²) in [6, 6.07) is 7.01. The standard InChI is InChI=1S/C14H11BrFNO3/c1-8-2-5-11(14(19)20)13(18)17(8)7-9-3-4-10(16)6-12(9)15/h2-6H,7H2,1H3,(H,19,20). The van der Waals surface area contributed by atoms with Crippen LogP contribution in [0.5, 0.6) is 0 Å². The van der Waals surface area contributed by atoms with E-state index in [1.165, 1.54) is 22.8 Å². The van der Waals surface area contributed by atoms with Crippen LogP contribution in [0.15, 0.2) is 39.6 Å². The maximum atomic E-state index is 13.0. The molecule has 0 unspecified atom stereocenters. The molecule has 0 radical (unpaired) electrons. The molecule has 1 aromatic carbocycles. The lowest BCUT2D eigenvalue weighted by Gasteiger charge is -2.12. The van der Waals surface area contributed by atoms with E-state index in [9.17, 15) is 14.0 Å². The summed E-state index contributed by atoms with van der Waals surface area (Å²) in [4.78, 5) is 23.1. The van der Waals surface area contributed by atoms with Gasteiger partial charge >= 0.3 is 5.97 Å². The van der Waals surface area contributed by atoms with E-state index in [-0.39, 0.29) is 17.9 Å². The van der Waals surface area contributed by atoms with Crippen molar-refractivity contribution in [3.63, 3.8) is 0 Å². The van der Waals surface area contributed by atoms with E-state index < -0.39 is 11.5 Å². The Labute approximate surface area is 122 Å². The van der Waals surface area contributed by atoms with E-state index >= 15 is 0 Å². The fourth-order valence-corrected chi connectivity index (χ4v) is 2.33. The smallest absolute Gasteiger partial charge is 0.341 e. The second kappa shape index (κ2) is 5.58. The Bertz CT molecular complexity index is 740. The number of carbonyl (C=O) groups is 1. The molecule has 20 heavy (non-hydrogen) atoms. The molecule has 6 heteroatoms. The number of pyridine rings is 1. The highest BCUT2D eigenvalue weighted by atomic mass is 79.9. The lowest BCUT2D eigenvalue weighted by molar-refractivity contribution is 0.0694. The van der Waals surface area contributed by atoms with Gasteiger partial charge in [0.1, 0.15) is 11.4 Å². The monoisotopic (exact) mass is 339 g/mol. The summed E-state index contributed by atoms with van der Waals surface area (Å²) in [6.07, 6.45) is 0. The number of carboxylic acid groups (broad SMARTS) is 1. The Morgan fingerprint density at radius 2 is 2.05 bits per heavy atom. The zero-order chi connectivity index (χ0) is 14.9. The molecule has 0 spiro atoms. The number of hydrogen-bond donors (Lipinski definition) is 1. The zero-order valence-corrected chi connectivity index (χ0v) is 12.1. The van der Waals surface area contributed by atoms with Crippen LogP contribution in [-0.4, -0.2) is 15.6 Å². The Hall–Kier alpha value is -1.95. The van der Waals surface area contributed by atoms with Crippen LogP contribution in [0.25, 0.3) is 0 Å². The molecule has 1 aromatic heterocycles. The number of aromatic carboxylic acids is 1. The molecule has 2 rings (SSSR count). The van der Waals surface area contributed by atoms with Crippen molar-refractivity contribution in [2.24, 2.45) is 0 Å². The number of halogens is 2. The van der Waals surface area contributed by atoms with Crippen LogP contribution >= 0.6 is 15.9 Å². The molecule has 4 nitrogen and oxygen atoms in total. The normalized spacial score (nSPS) is 10.6. The van der Waals surface area contributed by atoms with Crippen LogP contribution in [0.4, 0.5) is 4.39 Å². The zero-order valence-electron chi connectivity index (χ0n) is 10.6. The van der Waals surface area contributed by atoms with Crippen molar-refractivity contribution < 1.29 is 14.3 Å². The van der Waals surface area contributed by atoms with E-state index in [1.54, 1.807) is 19.1 Å². The minimum atomic E-state index is -1.26. The van der Waals surface area contributed by atoms with Crippen LogP contribution in [-0.2, 0) is 6.54 Å². The van der Waals surface area contributed by atoms with Gasteiger partial charge in [0.2, 0.25) is 0 Å². The molecule has 0 aliphatic heterocycles. The first-order chi connectivity index (χ1) is 9.40. The molecule has 104 valence electrons. The van der Waals surface area contributed by atoms with Gasteiger partial charge in [0.15, 0.2) is 0 Å². The lowest BCUT2D eigenvalue weighted by Crippen LogP contribution is -2.28. The molecule has 0 fully saturated rings. The number of aryl methyl sites for hydroxylation is 1.